The van der Waals surface area contributed by atoms with Gasteiger partial charge in [0.25, 0.3) is 5.91 Å². The van der Waals surface area contributed by atoms with Gasteiger partial charge >= 0.3 is 0 Å². The Balaban J connectivity index is 1.82. The van der Waals surface area contributed by atoms with Gasteiger partial charge in [0, 0.05) is 13.0 Å². The Bertz CT molecular complexity index is 889. The van der Waals surface area contributed by atoms with Gasteiger partial charge in [-0.25, -0.2) is 9.82 Å². The molecule has 28 heavy (non-hydrogen) atoms. The van der Waals surface area contributed by atoms with E-state index in [9.17, 15) is 19.1 Å². The number of hydrazone groups is 1. The average molecular weight is 408 g/mol. The van der Waals surface area contributed by atoms with Gasteiger partial charge in [0.15, 0.2) is 11.5 Å². The van der Waals surface area contributed by atoms with Crippen molar-refractivity contribution in [3.8, 4) is 11.5 Å². The molecule has 7 nitrogen and oxygen atoms in total. The van der Waals surface area contributed by atoms with E-state index >= 15 is 0 Å². The van der Waals surface area contributed by atoms with Gasteiger partial charge in [-0.3, -0.25) is 9.59 Å². The number of hydrogen-bond acceptors (Lipinski definition) is 5. The number of amides is 2. The molecule has 0 aromatic heterocycles. The van der Waals surface area contributed by atoms with Crippen LogP contribution in [0.4, 0.5) is 4.39 Å². The molecule has 0 saturated carbocycles. The number of halogens is 2. The van der Waals surface area contributed by atoms with Crippen LogP contribution < -0.4 is 15.5 Å². The Morgan fingerprint density at radius 3 is 2.79 bits per heavy atom. The fraction of sp³-hybridized carbons (Fsp3) is 0.211. The number of hydrogen-bond donors (Lipinski definition) is 3. The van der Waals surface area contributed by atoms with Gasteiger partial charge in [-0.15, -0.1) is 0 Å². The molecule has 0 aliphatic rings. The van der Waals surface area contributed by atoms with Crippen LogP contribution in [0.15, 0.2) is 41.5 Å². The van der Waals surface area contributed by atoms with Gasteiger partial charge in [0.2, 0.25) is 5.91 Å². The number of nitrogens with one attached hydrogen (secondary N) is 2. The third-order valence-corrected chi connectivity index (χ3v) is 3.80. The topological polar surface area (TPSA) is 100 Å². The van der Waals surface area contributed by atoms with Crippen LogP contribution in [-0.2, 0) is 4.79 Å². The Labute approximate surface area is 166 Å². The van der Waals surface area contributed by atoms with E-state index in [0.717, 1.165) is 0 Å². The molecular formula is C19H19ClFN3O4. The van der Waals surface area contributed by atoms with Gasteiger partial charge in [0.1, 0.15) is 5.82 Å². The number of carbonyl (C=O) groups is 2. The van der Waals surface area contributed by atoms with Crippen LogP contribution in [0.1, 0.15) is 29.3 Å². The molecule has 2 aromatic rings. The Kier molecular flexibility index (Phi) is 7.76. The number of rotatable bonds is 8. The van der Waals surface area contributed by atoms with Crippen molar-refractivity contribution in [2.45, 2.75) is 13.3 Å². The summed E-state index contributed by atoms with van der Waals surface area (Å²) in [5.74, 6) is -1.64. The highest BCUT2D eigenvalue weighted by Gasteiger charge is 2.11. The first kappa shape index (κ1) is 21.2. The van der Waals surface area contributed by atoms with Crippen molar-refractivity contribution in [1.29, 1.82) is 0 Å². The van der Waals surface area contributed by atoms with Crippen molar-refractivity contribution in [1.82, 2.24) is 10.7 Å². The third kappa shape index (κ3) is 5.95. The maximum atomic E-state index is 13.5. The highest BCUT2D eigenvalue weighted by atomic mass is 35.5. The highest BCUT2D eigenvalue weighted by Crippen LogP contribution is 2.34. The standard InChI is InChI=1S/C19H19ClFN3O4/c1-2-28-16-10-12(9-14(20)18(16)26)11-23-24-17(25)7-8-22-19(27)13-5-3-4-6-15(13)21/h3-6,9-11,26H,2,7-8H2,1H3,(H,22,27)(H,24,25)/b23-11+. The zero-order valence-corrected chi connectivity index (χ0v) is 15.8. The first-order chi connectivity index (χ1) is 13.4. The SMILES string of the molecule is CCOc1cc(/C=N/NC(=O)CCNC(=O)c2ccccc2F)cc(Cl)c1O. The molecule has 3 N–H and O–H groups in total. The lowest BCUT2D eigenvalue weighted by Gasteiger charge is -2.08. The van der Waals surface area contributed by atoms with Crippen molar-refractivity contribution >= 4 is 29.6 Å². The zero-order valence-electron chi connectivity index (χ0n) is 15.0. The van der Waals surface area contributed by atoms with Crippen LogP contribution in [-0.4, -0.2) is 36.3 Å². The predicted octanol–water partition coefficient (Wildman–Crippen LogP) is 2.85. The molecule has 2 amide bonds. The number of phenolic OH excluding ortho intramolecular Hbond substituents is 1. The number of nitrogens with zero attached hydrogens (tertiary/aromatic N) is 1. The molecule has 0 radical (unpaired) electrons. The van der Waals surface area contributed by atoms with Crippen molar-refractivity contribution in [2.24, 2.45) is 5.10 Å². The second-order valence-electron chi connectivity index (χ2n) is 5.56. The van der Waals surface area contributed by atoms with Crippen LogP contribution in [0.2, 0.25) is 5.02 Å². The van der Waals surface area contributed by atoms with Crippen molar-refractivity contribution in [3.05, 3.63) is 58.4 Å². The lowest BCUT2D eigenvalue weighted by atomic mass is 10.2. The average Bonchev–Trinajstić information content (AvgIpc) is 2.66. The van der Waals surface area contributed by atoms with Crippen LogP contribution in [0.25, 0.3) is 0 Å². The monoisotopic (exact) mass is 407 g/mol. The number of ether oxygens (including phenoxy) is 1. The van der Waals surface area contributed by atoms with Crippen LogP contribution in [0.3, 0.4) is 0 Å². The molecule has 0 heterocycles. The Morgan fingerprint density at radius 1 is 1.32 bits per heavy atom. The maximum Gasteiger partial charge on any atom is 0.254 e. The summed E-state index contributed by atoms with van der Waals surface area (Å²) in [6, 6.07) is 8.55. The van der Waals surface area contributed by atoms with Gasteiger partial charge in [-0.2, -0.15) is 5.10 Å². The van der Waals surface area contributed by atoms with E-state index in [0.29, 0.717) is 12.2 Å². The molecule has 0 spiro atoms. The summed E-state index contributed by atoms with van der Waals surface area (Å²) in [6.45, 7) is 2.13. The molecule has 9 heteroatoms. The fourth-order valence-corrected chi connectivity index (χ4v) is 2.42. The van der Waals surface area contributed by atoms with E-state index in [1.54, 1.807) is 13.0 Å². The molecule has 2 aromatic carbocycles. The zero-order chi connectivity index (χ0) is 20.5. The number of aromatic hydroxyl groups is 1. The van der Waals surface area contributed by atoms with Gasteiger partial charge < -0.3 is 15.2 Å². The molecule has 0 bridgehead atoms. The summed E-state index contributed by atoms with van der Waals surface area (Å²) in [4.78, 5) is 23.6. The second kappa shape index (κ2) is 10.3. The summed E-state index contributed by atoms with van der Waals surface area (Å²) in [5, 5.41) is 16.1. The van der Waals surface area contributed by atoms with Crippen molar-refractivity contribution < 1.29 is 23.8 Å². The van der Waals surface area contributed by atoms with E-state index in [4.69, 9.17) is 16.3 Å². The van der Waals surface area contributed by atoms with Gasteiger partial charge in [-0.05, 0) is 36.8 Å². The van der Waals surface area contributed by atoms with Crippen molar-refractivity contribution in [3.63, 3.8) is 0 Å². The van der Waals surface area contributed by atoms with E-state index < -0.39 is 17.6 Å². The number of phenols is 1. The molecular weight excluding hydrogens is 389 g/mol. The lowest BCUT2D eigenvalue weighted by Crippen LogP contribution is -2.29. The predicted molar refractivity (Wildman–Crippen MR) is 103 cm³/mol. The molecule has 0 aliphatic heterocycles. The summed E-state index contributed by atoms with van der Waals surface area (Å²) < 4.78 is 18.7. The molecule has 0 atom stereocenters. The minimum Gasteiger partial charge on any atom is -0.503 e. The third-order valence-electron chi connectivity index (χ3n) is 3.51. The minimum absolute atomic E-state index is 0.0219. The number of benzene rings is 2. The van der Waals surface area contributed by atoms with Crippen LogP contribution in [0.5, 0.6) is 11.5 Å². The van der Waals surface area contributed by atoms with Gasteiger partial charge in [-0.1, -0.05) is 23.7 Å². The Hall–Kier alpha value is -3.13. The molecule has 0 unspecified atom stereocenters. The Morgan fingerprint density at radius 2 is 2.07 bits per heavy atom. The van der Waals surface area contributed by atoms with Crippen LogP contribution in [0, 0.1) is 5.82 Å². The molecule has 0 aliphatic carbocycles. The lowest BCUT2D eigenvalue weighted by molar-refractivity contribution is -0.120. The summed E-state index contributed by atoms with van der Waals surface area (Å²) in [6.07, 6.45) is 1.29. The van der Waals surface area contributed by atoms with E-state index in [2.05, 4.69) is 15.8 Å². The molecule has 0 fully saturated rings. The van der Waals surface area contributed by atoms with E-state index in [-0.39, 0.29) is 35.1 Å². The van der Waals surface area contributed by atoms with E-state index in [1.807, 2.05) is 0 Å². The minimum atomic E-state index is -0.631. The first-order valence-electron chi connectivity index (χ1n) is 8.42. The fourth-order valence-electron chi connectivity index (χ4n) is 2.20. The first-order valence-corrected chi connectivity index (χ1v) is 8.80. The second-order valence-corrected chi connectivity index (χ2v) is 5.97. The van der Waals surface area contributed by atoms with Gasteiger partial charge in [0.05, 0.1) is 23.4 Å². The quantitative estimate of drug-likeness (QED) is 0.462. The van der Waals surface area contributed by atoms with Crippen molar-refractivity contribution in [2.75, 3.05) is 13.2 Å². The maximum absolute atomic E-state index is 13.5. The summed E-state index contributed by atoms with van der Waals surface area (Å²) in [7, 11) is 0. The van der Waals surface area contributed by atoms with E-state index in [1.165, 1.54) is 36.5 Å². The number of carbonyl (C=O) groups excluding carboxylic acids is 2. The largest absolute Gasteiger partial charge is 0.503 e. The smallest absolute Gasteiger partial charge is 0.254 e. The normalized spacial score (nSPS) is 10.7. The summed E-state index contributed by atoms with van der Waals surface area (Å²) >= 11 is 5.91. The summed E-state index contributed by atoms with van der Waals surface area (Å²) in [5.41, 5.74) is 2.73. The molecule has 148 valence electrons. The molecule has 0 saturated heterocycles. The highest BCUT2D eigenvalue weighted by molar-refractivity contribution is 6.32. The van der Waals surface area contributed by atoms with Crippen LogP contribution >= 0.6 is 11.6 Å². The molecule has 2 rings (SSSR count).